The van der Waals surface area contributed by atoms with E-state index in [0.717, 1.165) is 8.45 Å². The molecule has 0 fully saturated rings. The zero-order valence-electron chi connectivity index (χ0n) is 9.46. The summed E-state index contributed by atoms with van der Waals surface area (Å²) in [5.74, 6) is -0.192. The molecule has 6 heteroatoms. The average molecular weight is 393 g/mol. The van der Waals surface area contributed by atoms with E-state index < -0.39 is 0 Å². The fourth-order valence-corrected chi connectivity index (χ4v) is 3.12. The Balaban J connectivity index is 2.21. The Kier molecular flexibility index (Phi) is 4.14. The fraction of sp³-hybridized carbons (Fsp3) is 0.0833. The second-order valence-electron chi connectivity index (χ2n) is 3.70. The first kappa shape index (κ1) is 13.6. The summed E-state index contributed by atoms with van der Waals surface area (Å²) < 4.78 is 1.02. The maximum absolute atomic E-state index is 12.0. The molecule has 0 radical (unpaired) electrons. The molecule has 3 N–H and O–H groups in total. The topological polar surface area (TPSA) is 55.1 Å². The van der Waals surface area contributed by atoms with E-state index in [1.165, 1.54) is 11.3 Å². The number of nitrogens with one attached hydrogen (secondary N) is 1. The number of nitrogen functional groups attached to an aromatic ring is 1. The van der Waals surface area contributed by atoms with Gasteiger partial charge in [-0.05, 0) is 53.8 Å². The summed E-state index contributed by atoms with van der Waals surface area (Å²) in [5, 5.41) is 3.30. The van der Waals surface area contributed by atoms with E-state index in [2.05, 4.69) is 27.9 Å². The zero-order chi connectivity index (χ0) is 13.3. The molecule has 94 valence electrons. The van der Waals surface area contributed by atoms with Gasteiger partial charge in [0.1, 0.15) is 0 Å². The van der Waals surface area contributed by atoms with Gasteiger partial charge < -0.3 is 11.1 Å². The SMILES string of the molecule is Cc1sc(C(=O)Nc2ccc(I)cc2Cl)cc1N. The number of carbonyl (C=O) groups is 1. The number of halogens is 2. The number of rotatable bonds is 2. The molecule has 0 aliphatic heterocycles. The molecule has 18 heavy (non-hydrogen) atoms. The summed E-state index contributed by atoms with van der Waals surface area (Å²) >= 11 is 9.59. The smallest absolute Gasteiger partial charge is 0.265 e. The first-order valence-corrected chi connectivity index (χ1v) is 7.37. The lowest BCUT2D eigenvalue weighted by Gasteiger charge is -2.06. The van der Waals surface area contributed by atoms with Crippen molar-refractivity contribution in [3.63, 3.8) is 0 Å². The standard InChI is InChI=1S/C12H10ClIN2OS/c1-6-9(15)5-11(18-6)12(17)16-10-3-2-7(14)4-8(10)13/h2-5H,15H2,1H3,(H,16,17). The van der Waals surface area contributed by atoms with Crippen molar-refractivity contribution in [1.29, 1.82) is 0 Å². The molecule has 1 heterocycles. The lowest BCUT2D eigenvalue weighted by Crippen LogP contribution is -2.10. The van der Waals surface area contributed by atoms with Crippen LogP contribution in [-0.4, -0.2) is 5.91 Å². The molecule has 0 atom stereocenters. The molecule has 0 spiro atoms. The van der Waals surface area contributed by atoms with Crippen LogP contribution in [0.2, 0.25) is 5.02 Å². The highest BCUT2D eigenvalue weighted by molar-refractivity contribution is 14.1. The quantitative estimate of drug-likeness (QED) is 0.754. The first-order chi connectivity index (χ1) is 8.47. The highest BCUT2D eigenvalue weighted by atomic mass is 127. The number of aryl methyl sites for hydroxylation is 1. The predicted molar refractivity (Wildman–Crippen MR) is 85.6 cm³/mol. The highest BCUT2D eigenvalue weighted by Gasteiger charge is 2.12. The van der Waals surface area contributed by atoms with Gasteiger partial charge in [0.05, 0.1) is 15.6 Å². The van der Waals surface area contributed by atoms with Gasteiger partial charge in [-0.1, -0.05) is 11.6 Å². The summed E-state index contributed by atoms with van der Waals surface area (Å²) in [4.78, 5) is 13.5. The van der Waals surface area contributed by atoms with E-state index in [1.807, 2.05) is 13.0 Å². The molecule has 3 nitrogen and oxygen atoms in total. The summed E-state index contributed by atoms with van der Waals surface area (Å²) in [6.45, 7) is 1.88. The number of anilines is 2. The number of benzene rings is 1. The molecule has 0 aliphatic rings. The van der Waals surface area contributed by atoms with Crippen molar-refractivity contribution < 1.29 is 4.79 Å². The maximum atomic E-state index is 12.0. The number of hydrogen-bond acceptors (Lipinski definition) is 3. The van der Waals surface area contributed by atoms with Crippen LogP contribution in [0.3, 0.4) is 0 Å². The molecular formula is C12H10ClIN2OS. The van der Waals surface area contributed by atoms with Crippen LogP contribution >= 0.6 is 45.5 Å². The Morgan fingerprint density at radius 3 is 2.72 bits per heavy atom. The second-order valence-corrected chi connectivity index (χ2v) is 6.61. The molecule has 0 aliphatic carbocycles. The van der Waals surface area contributed by atoms with Crippen LogP contribution in [0.25, 0.3) is 0 Å². The van der Waals surface area contributed by atoms with Crippen molar-refractivity contribution >= 4 is 62.8 Å². The second kappa shape index (κ2) is 5.46. The van der Waals surface area contributed by atoms with Crippen molar-refractivity contribution in [1.82, 2.24) is 0 Å². The molecule has 1 aromatic heterocycles. The Morgan fingerprint density at radius 2 is 2.17 bits per heavy atom. The summed E-state index contributed by atoms with van der Waals surface area (Å²) in [6, 6.07) is 7.14. The minimum atomic E-state index is -0.192. The summed E-state index contributed by atoms with van der Waals surface area (Å²) in [7, 11) is 0. The van der Waals surface area contributed by atoms with Crippen LogP contribution in [-0.2, 0) is 0 Å². The van der Waals surface area contributed by atoms with Gasteiger partial charge in [-0.25, -0.2) is 0 Å². The van der Waals surface area contributed by atoms with Gasteiger partial charge in [0, 0.05) is 14.1 Å². The number of thiophene rings is 1. The first-order valence-electron chi connectivity index (χ1n) is 5.09. The molecule has 1 aromatic carbocycles. The molecule has 1 amide bonds. The average Bonchev–Trinajstić information content (AvgIpc) is 2.63. The molecule has 2 aromatic rings. The van der Waals surface area contributed by atoms with Crippen LogP contribution in [0.1, 0.15) is 14.5 Å². The van der Waals surface area contributed by atoms with E-state index in [-0.39, 0.29) is 5.91 Å². The van der Waals surface area contributed by atoms with E-state index in [1.54, 1.807) is 18.2 Å². The Bertz CT molecular complexity index is 593. The van der Waals surface area contributed by atoms with Crippen molar-refractivity contribution in [2.75, 3.05) is 11.1 Å². The van der Waals surface area contributed by atoms with Gasteiger partial charge in [-0.3, -0.25) is 4.79 Å². The Morgan fingerprint density at radius 1 is 1.44 bits per heavy atom. The van der Waals surface area contributed by atoms with Crippen molar-refractivity contribution in [2.45, 2.75) is 6.92 Å². The summed E-state index contributed by atoms with van der Waals surface area (Å²) in [6.07, 6.45) is 0. The third-order valence-electron chi connectivity index (χ3n) is 2.36. The van der Waals surface area contributed by atoms with Gasteiger partial charge in [-0.2, -0.15) is 0 Å². The van der Waals surface area contributed by atoms with Gasteiger partial charge in [-0.15, -0.1) is 11.3 Å². The molecule has 0 bridgehead atoms. The molecule has 2 rings (SSSR count). The summed E-state index contributed by atoms with van der Waals surface area (Å²) in [5.41, 5.74) is 6.97. The Labute approximate surface area is 127 Å². The van der Waals surface area contributed by atoms with Crippen LogP contribution in [0.15, 0.2) is 24.3 Å². The van der Waals surface area contributed by atoms with E-state index in [4.69, 9.17) is 17.3 Å². The monoisotopic (exact) mass is 392 g/mol. The number of hydrogen-bond donors (Lipinski definition) is 2. The minimum absolute atomic E-state index is 0.192. The minimum Gasteiger partial charge on any atom is -0.398 e. The van der Waals surface area contributed by atoms with Crippen LogP contribution < -0.4 is 11.1 Å². The van der Waals surface area contributed by atoms with E-state index in [0.29, 0.717) is 21.3 Å². The van der Waals surface area contributed by atoms with E-state index in [9.17, 15) is 4.79 Å². The molecule has 0 unspecified atom stereocenters. The van der Waals surface area contributed by atoms with E-state index >= 15 is 0 Å². The lowest BCUT2D eigenvalue weighted by molar-refractivity contribution is 0.103. The van der Waals surface area contributed by atoms with Gasteiger partial charge in [0.2, 0.25) is 0 Å². The van der Waals surface area contributed by atoms with Crippen molar-refractivity contribution in [2.24, 2.45) is 0 Å². The molecule has 0 saturated heterocycles. The number of nitrogens with two attached hydrogens (primary N) is 1. The largest absolute Gasteiger partial charge is 0.398 e. The van der Waals surface area contributed by atoms with Gasteiger partial charge in [0.15, 0.2) is 0 Å². The number of amides is 1. The highest BCUT2D eigenvalue weighted by Crippen LogP contribution is 2.27. The lowest BCUT2D eigenvalue weighted by atomic mass is 10.3. The third kappa shape index (κ3) is 2.96. The molecule has 0 saturated carbocycles. The maximum Gasteiger partial charge on any atom is 0.265 e. The van der Waals surface area contributed by atoms with Crippen molar-refractivity contribution in [3.8, 4) is 0 Å². The van der Waals surface area contributed by atoms with Gasteiger partial charge >= 0.3 is 0 Å². The molecular weight excluding hydrogens is 383 g/mol. The normalized spacial score (nSPS) is 10.4. The van der Waals surface area contributed by atoms with Gasteiger partial charge in [0.25, 0.3) is 5.91 Å². The Hall–Kier alpha value is -0.790. The van der Waals surface area contributed by atoms with Crippen LogP contribution in [0.5, 0.6) is 0 Å². The van der Waals surface area contributed by atoms with Crippen LogP contribution in [0.4, 0.5) is 11.4 Å². The fourth-order valence-electron chi connectivity index (χ4n) is 1.38. The zero-order valence-corrected chi connectivity index (χ0v) is 13.2. The number of carbonyl (C=O) groups excluding carboxylic acids is 1. The van der Waals surface area contributed by atoms with Crippen molar-refractivity contribution in [3.05, 3.63) is 42.6 Å². The third-order valence-corrected chi connectivity index (χ3v) is 4.41. The van der Waals surface area contributed by atoms with Crippen LogP contribution in [0, 0.1) is 10.5 Å². The predicted octanol–water partition coefficient (Wildman–Crippen LogP) is 4.15.